The Bertz CT molecular complexity index is 1150. The van der Waals surface area contributed by atoms with E-state index >= 15 is 0 Å². The summed E-state index contributed by atoms with van der Waals surface area (Å²) in [4.78, 5) is 6.36. The van der Waals surface area contributed by atoms with Gasteiger partial charge in [-0.15, -0.1) is 10.2 Å². The van der Waals surface area contributed by atoms with Crippen molar-refractivity contribution in [3.8, 4) is 11.5 Å². The Labute approximate surface area is 193 Å². The summed E-state index contributed by atoms with van der Waals surface area (Å²) in [5.41, 5.74) is 0.434. The third kappa shape index (κ3) is 4.62. The molecule has 1 fully saturated rings. The van der Waals surface area contributed by atoms with Gasteiger partial charge in [0, 0.05) is 30.6 Å². The first-order valence-corrected chi connectivity index (χ1v) is 11.3. The summed E-state index contributed by atoms with van der Waals surface area (Å²) in [6, 6.07) is 5.37. The van der Waals surface area contributed by atoms with Crippen LogP contribution in [0.4, 0.5) is 24.7 Å². The molecule has 2 aromatic heterocycles. The number of fused-ring (bicyclic) bond motifs is 1. The Morgan fingerprint density at radius 2 is 1.94 bits per heavy atom. The van der Waals surface area contributed by atoms with Crippen LogP contribution in [0, 0.1) is 0 Å². The van der Waals surface area contributed by atoms with Gasteiger partial charge in [-0.05, 0) is 42.7 Å². The number of benzene rings is 1. The molecule has 5 rings (SSSR count). The summed E-state index contributed by atoms with van der Waals surface area (Å²) in [7, 11) is 0. The lowest BCUT2D eigenvalue weighted by atomic mass is 9.89. The zero-order chi connectivity index (χ0) is 23.0. The van der Waals surface area contributed by atoms with Crippen molar-refractivity contribution in [1.82, 2.24) is 20.3 Å². The molecule has 0 atom stereocenters. The zero-order valence-corrected chi connectivity index (χ0v) is 18.5. The molecule has 0 unspecified atom stereocenters. The SMILES string of the molecule is FC(F)(F)c1ccc(Cl)cc1CN1CCNc2nnc(-c3noc(C4CCCCC4)n3)cc21. The highest BCUT2D eigenvalue weighted by molar-refractivity contribution is 6.30. The van der Waals surface area contributed by atoms with E-state index in [1.54, 1.807) is 6.07 Å². The van der Waals surface area contributed by atoms with Gasteiger partial charge in [0.25, 0.3) is 0 Å². The number of aromatic nitrogens is 4. The van der Waals surface area contributed by atoms with Crippen molar-refractivity contribution in [2.75, 3.05) is 23.3 Å². The summed E-state index contributed by atoms with van der Waals surface area (Å²) in [5.74, 6) is 1.69. The Morgan fingerprint density at radius 1 is 1.12 bits per heavy atom. The molecule has 3 heterocycles. The first-order valence-electron chi connectivity index (χ1n) is 10.9. The highest BCUT2D eigenvalue weighted by atomic mass is 35.5. The van der Waals surface area contributed by atoms with Gasteiger partial charge in [-0.3, -0.25) is 0 Å². The van der Waals surface area contributed by atoms with E-state index in [9.17, 15) is 13.2 Å². The van der Waals surface area contributed by atoms with Crippen LogP contribution in [0.25, 0.3) is 11.5 Å². The molecule has 0 saturated heterocycles. The lowest BCUT2D eigenvalue weighted by molar-refractivity contribution is -0.138. The molecule has 2 aliphatic rings. The molecule has 7 nitrogen and oxygen atoms in total. The van der Waals surface area contributed by atoms with Crippen LogP contribution in [0.1, 0.15) is 55.0 Å². The predicted molar refractivity (Wildman–Crippen MR) is 117 cm³/mol. The zero-order valence-electron chi connectivity index (χ0n) is 17.7. The normalized spacial score (nSPS) is 17.0. The number of nitrogens with zero attached hydrogens (tertiary/aromatic N) is 5. The smallest absolute Gasteiger partial charge is 0.365 e. The highest BCUT2D eigenvalue weighted by Gasteiger charge is 2.34. The van der Waals surface area contributed by atoms with Gasteiger partial charge < -0.3 is 14.7 Å². The van der Waals surface area contributed by atoms with Gasteiger partial charge >= 0.3 is 6.18 Å². The van der Waals surface area contributed by atoms with E-state index in [4.69, 9.17) is 16.1 Å². The molecule has 1 aromatic carbocycles. The minimum absolute atomic E-state index is 0.0226. The van der Waals surface area contributed by atoms with Gasteiger partial charge in [-0.1, -0.05) is 36.0 Å². The van der Waals surface area contributed by atoms with Crippen molar-refractivity contribution in [2.45, 2.75) is 50.7 Å². The first kappa shape index (κ1) is 21.9. The van der Waals surface area contributed by atoms with Crippen molar-refractivity contribution < 1.29 is 17.7 Å². The molecule has 11 heteroatoms. The van der Waals surface area contributed by atoms with Gasteiger partial charge in [0.15, 0.2) is 5.82 Å². The van der Waals surface area contributed by atoms with Gasteiger partial charge in [0.05, 0.1) is 11.3 Å². The standard InChI is InChI=1S/C22H22ClF3N6O/c23-15-6-7-16(22(24,25)26)14(10-15)12-32-9-8-27-20-18(32)11-17(29-30-20)19-28-21(33-31-19)13-4-2-1-3-5-13/h6-7,10-11,13H,1-5,8-9,12H2,(H,27,30). The summed E-state index contributed by atoms with van der Waals surface area (Å²) >= 11 is 6.01. The highest BCUT2D eigenvalue weighted by Crippen LogP contribution is 2.37. The van der Waals surface area contributed by atoms with Gasteiger partial charge in [-0.25, -0.2) is 0 Å². The molecule has 3 aromatic rings. The van der Waals surface area contributed by atoms with Crippen molar-refractivity contribution in [3.05, 3.63) is 46.3 Å². The van der Waals surface area contributed by atoms with Crippen LogP contribution < -0.4 is 10.2 Å². The minimum Gasteiger partial charge on any atom is -0.365 e. The lowest BCUT2D eigenvalue weighted by Crippen LogP contribution is -2.34. The maximum Gasteiger partial charge on any atom is 0.416 e. The van der Waals surface area contributed by atoms with E-state index < -0.39 is 11.7 Å². The minimum atomic E-state index is -4.47. The number of hydrogen-bond acceptors (Lipinski definition) is 7. The number of rotatable bonds is 4. The van der Waals surface area contributed by atoms with Crippen LogP contribution in [0.3, 0.4) is 0 Å². The topological polar surface area (TPSA) is 80.0 Å². The number of nitrogens with one attached hydrogen (secondary N) is 1. The summed E-state index contributed by atoms with van der Waals surface area (Å²) < 4.78 is 46.1. The van der Waals surface area contributed by atoms with Gasteiger partial charge in [0.1, 0.15) is 5.69 Å². The second-order valence-electron chi connectivity index (χ2n) is 8.40. The Balaban J connectivity index is 1.44. The lowest BCUT2D eigenvalue weighted by Gasteiger charge is -2.31. The third-order valence-corrected chi connectivity index (χ3v) is 6.38. The number of hydrogen-bond donors (Lipinski definition) is 1. The van der Waals surface area contributed by atoms with Crippen LogP contribution in [0.2, 0.25) is 5.02 Å². The number of alkyl halides is 3. The average Bonchev–Trinajstić information content (AvgIpc) is 3.29. The van der Waals surface area contributed by atoms with E-state index in [1.165, 1.54) is 18.6 Å². The Morgan fingerprint density at radius 3 is 2.73 bits per heavy atom. The predicted octanol–water partition coefficient (Wildman–Crippen LogP) is 5.68. The van der Waals surface area contributed by atoms with E-state index in [1.807, 2.05) is 4.90 Å². The molecular formula is C22H22ClF3N6O. The largest absolute Gasteiger partial charge is 0.416 e. The summed E-state index contributed by atoms with van der Waals surface area (Å²) in [5, 5.41) is 15.9. The summed E-state index contributed by atoms with van der Waals surface area (Å²) in [6.45, 7) is 1.03. The fraction of sp³-hybridized carbons (Fsp3) is 0.455. The fourth-order valence-electron chi connectivity index (χ4n) is 4.48. The Hall–Kier alpha value is -2.88. The Kier molecular flexibility index (Phi) is 5.86. The molecule has 1 N–H and O–H groups in total. The molecule has 174 valence electrons. The van der Waals surface area contributed by atoms with Crippen LogP contribution in [-0.2, 0) is 12.7 Å². The van der Waals surface area contributed by atoms with E-state index in [-0.39, 0.29) is 23.0 Å². The quantitative estimate of drug-likeness (QED) is 0.516. The molecular weight excluding hydrogens is 457 g/mol. The van der Waals surface area contributed by atoms with Crippen molar-refractivity contribution in [1.29, 1.82) is 0 Å². The van der Waals surface area contributed by atoms with E-state index in [2.05, 4.69) is 25.7 Å². The van der Waals surface area contributed by atoms with E-state index in [0.717, 1.165) is 31.7 Å². The molecule has 1 aliphatic carbocycles. The average molecular weight is 479 g/mol. The monoisotopic (exact) mass is 478 g/mol. The number of anilines is 2. The van der Waals surface area contributed by atoms with Crippen LogP contribution in [0.15, 0.2) is 28.8 Å². The molecule has 1 saturated carbocycles. The van der Waals surface area contributed by atoms with Gasteiger partial charge in [0.2, 0.25) is 11.7 Å². The van der Waals surface area contributed by atoms with Crippen LogP contribution in [-0.4, -0.2) is 33.4 Å². The first-order chi connectivity index (χ1) is 15.9. The van der Waals surface area contributed by atoms with Crippen molar-refractivity contribution in [3.63, 3.8) is 0 Å². The maximum absolute atomic E-state index is 13.5. The molecule has 0 amide bonds. The third-order valence-electron chi connectivity index (χ3n) is 6.15. The second-order valence-corrected chi connectivity index (χ2v) is 8.84. The maximum atomic E-state index is 13.5. The van der Waals surface area contributed by atoms with Gasteiger partial charge in [-0.2, -0.15) is 18.2 Å². The fourth-order valence-corrected chi connectivity index (χ4v) is 4.68. The van der Waals surface area contributed by atoms with Crippen LogP contribution in [0.5, 0.6) is 0 Å². The van der Waals surface area contributed by atoms with Crippen LogP contribution >= 0.6 is 11.6 Å². The summed E-state index contributed by atoms with van der Waals surface area (Å²) in [6.07, 6.45) is 1.08. The van der Waals surface area contributed by atoms with Crippen molar-refractivity contribution >= 4 is 23.1 Å². The molecule has 0 bridgehead atoms. The molecule has 0 spiro atoms. The molecule has 0 radical (unpaired) electrons. The van der Waals surface area contributed by atoms with Crippen molar-refractivity contribution in [2.24, 2.45) is 0 Å². The second kappa shape index (κ2) is 8.81. The molecule has 1 aliphatic heterocycles. The molecule has 33 heavy (non-hydrogen) atoms. The number of halogens is 4. The van der Waals surface area contributed by atoms with E-state index in [0.29, 0.717) is 42.0 Å².